The van der Waals surface area contributed by atoms with Gasteiger partial charge in [0.25, 0.3) is 0 Å². The van der Waals surface area contributed by atoms with Gasteiger partial charge in [-0.1, -0.05) is 30.3 Å². The summed E-state index contributed by atoms with van der Waals surface area (Å²) >= 11 is 0. The van der Waals surface area contributed by atoms with Crippen LogP contribution in [0, 0.1) is 5.92 Å². The van der Waals surface area contributed by atoms with Crippen LogP contribution in [-0.2, 0) is 13.6 Å². The van der Waals surface area contributed by atoms with Crippen LogP contribution in [0.2, 0.25) is 0 Å². The predicted molar refractivity (Wildman–Crippen MR) is 89.2 cm³/mol. The van der Waals surface area contributed by atoms with E-state index in [9.17, 15) is 9.67 Å². The number of piperidine rings is 1. The average Bonchev–Trinajstić information content (AvgIpc) is 3.21. The Morgan fingerprint density at radius 2 is 1.87 bits per heavy atom. The fraction of sp³-hybridized carbons (Fsp3) is 0.647. The number of likely N-dealkylation sites (tertiary alicyclic amines) is 1. The lowest BCUT2D eigenvalue weighted by atomic mass is 9.96. The van der Waals surface area contributed by atoms with E-state index in [1.807, 2.05) is 18.2 Å². The minimum atomic E-state index is -3.51. The van der Waals surface area contributed by atoms with Crippen LogP contribution in [0.15, 0.2) is 30.3 Å². The fourth-order valence-electron chi connectivity index (χ4n) is 4.41. The summed E-state index contributed by atoms with van der Waals surface area (Å²) in [6.45, 7) is 2.15. The first-order valence-corrected chi connectivity index (χ1v) is 9.84. The highest BCUT2D eigenvalue weighted by molar-refractivity contribution is 7.54. The number of hydrogen-bond acceptors (Lipinski definition) is 5. The smallest absolute Gasteiger partial charge is 0.359 e. The van der Waals surface area contributed by atoms with E-state index in [1.54, 1.807) is 0 Å². The Hall–Kier alpha value is -0.710. The summed E-state index contributed by atoms with van der Waals surface area (Å²) in [6.07, 6.45) is 3.25. The Labute approximate surface area is 138 Å². The summed E-state index contributed by atoms with van der Waals surface area (Å²) in [4.78, 5) is 2.33. The van der Waals surface area contributed by atoms with Crippen molar-refractivity contribution in [3.05, 3.63) is 35.9 Å². The van der Waals surface area contributed by atoms with E-state index >= 15 is 0 Å². The summed E-state index contributed by atoms with van der Waals surface area (Å²) in [5.74, 6) is -0.765. The molecule has 0 aromatic heterocycles. The average molecular weight is 339 g/mol. The highest BCUT2D eigenvalue weighted by Gasteiger charge is 2.55. The summed E-state index contributed by atoms with van der Waals surface area (Å²) in [7, 11) is -0.828. The maximum absolute atomic E-state index is 12.7. The Bertz CT molecular complexity index is 573. The summed E-state index contributed by atoms with van der Waals surface area (Å²) in [5.41, 5.74) is 1.21. The third kappa shape index (κ3) is 2.90. The van der Waals surface area contributed by atoms with Crippen LogP contribution in [-0.4, -0.2) is 42.2 Å². The molecule has 1 aromatic rings. The quantitative estimate of drug-likeness (QED) is 0.805. The monoisotopic (exact) mass is 339 g/mol. The predicted octanol–water partition coefficient (Wildman–Crippen LogP) is 3.40. The highest BCUT2D eigenvalue weighted by atomic mass is 31.2. The van der Waals surface area contributed by atoms with Gasteiger partial charge < -0.3 is 14.2 Å². The van der Waals surface area contributed by atoms with Gasteiger partial charge in [-0.25, -0.2) is 0 Å². The van der Waals surface area contributed by atoms with Crippen LogP contribution in [0.4, 0.5) is 0 Å². The highest BCUT2D eigenvalue weighted by Crippen LogP contribution is 2.58. The Balaban J connectivity index is 1.90. The van der Waals surface area contributed by atoms with Crippen molar-refractivity contribution in [1.82, 2.24) is 4.90 Å². The largest absolute Gasteiger partial charge is 0.379 e. The maximum Gasteiger partial charge on any atom is 0.359 e. The maximum atomic E-state index is 12.7. The van der Waals surface area contributed by atoms with Gasteiger partial charge in [-0.2, -0.15) is 0 Å². The van der Waals surface area contributed by atoms with E-state index < -0.39 is 13.4 Å². The van der Waals surface area contributed by atoms with Crippen LogP contribution in [0.25, 0.3) is 0 Å². The van der Waals surface area contributed by atoms with Gasteiger partial charge in [-0.15, -0.1) is 0 Å². The molecule has 1 heterocycles. The van der Waals surface area contributed by atoms with Gasteiger partial charge in [-0.3, -0.25) is 9.46 Å². The number of nitrogens with zero attached hydrogens (tertiary/aromatic N) is 1. The van der Waals surface area contributed by atoms with Crippen LogP contribution >= 0.6 is 7.60 Å². The lowest BCUT2D eigenvalue weighted by Gasteiger charge is -2.42. The molecule has 2 aliphatic rings. The molecular weight excluding hydrogens is 313 g/mol. The second-order valence-electron chi connectivity index (χ2n) is 6.57. The summed E-state index contributed by atoms with van der Waals surface area (Å²) in [5, 5.41) is 10.8. The Morgan fingerprint density at radius 3 is 2.48 bits per heavy atom. The molecule has 1 aromatic carbocycles. The molecule has 1 saturated heterocycles. The Kier molecular flexibility index (Phi) is 4.96. The molecule has 5 nitrogen and oxygen atoms in total. The van der Waals surface area contributed by atoms with Gasteiger partial charge in [0.2, 0.25) is 0 Å². The molecule has 1 saturated carbocycles. The number of hydrogen-bond donors (Lipinski definition) is 1. The van der Waals surface area contributed by atoms with Crippen molar-refractivity contribution >= 4 is 7.60 Å². The number of fused-ring (bicyclic) bond motifs is 2. The van der Waals surface area contributed by atoms with Gasteiger partial charge in [0.05, 0.1) is 6.04 Å². The minimum Gasteiger partial charge on any atom is -0.379 e. The van der Waals surface area contributed by atoms with Crippen LogP contribution in [0.5, 0.6) is 0 Å². The topological polar surface area (TPSA) is 59.0 Å². The first kappa shape index (κ1) is 17.1. The van der Waals surface area contributed by atoms with E-state index in [0.29, 0.717) is 12.0 Å². The standard InChI is InChI=1S/C17H26NO4P/c1-12(13-7-5-4-6-8-13)18-15-10-9-14(11-15)16(18)17(19)23(20,21-2)22-3/h4-8,12,14-17,19H,9-11H2,1-3H3/t12-,14+,15+,16?,17?/m0/s1. The molecule has 2 unspecified atom stereocenters. The molecule has 23 heavy (non-hydrogen) atoms. The molecular formula is C17H26NO4P. The molecule has 0 radical (unpaired) electrons. The zero-order valence-corrected chi connectivity index (χ0v) is 14.9. The third-order valence-corrected chi connectivity index (χ3v) is 7.53. The normalized spacial score (nSPS) is 30.5. The lowest BCUT2D eigenvalue weighted by Crippen LogP contribution is -2.48. The van der Waals surface area contributed by atoms with Crippen molar-refractivity contribution < 1.29 is 18.7 Å². The molecule has 0 amide bonds. The molecule has 3 rings (SSSR count). The van der Waals surface area contributed by atoms with Crippen molar-refractivity contribution in [3.63, 3.8) is 0 Å². The van der Waals surface area contributed by atoms with E-state index in [0.717, 1.165) is 19.3 Å². The number of aliphatic hydroxyl groups excluding tert-OH is 1. The molecule has 1 aliphatic heterocycles. The van der Waals surface area contributed by atoms with Gasteiger partial charge in [0.15, 0.2) is 5.85 Å². The van der Waals surface area contributed by atoms with Gasteiger partial charge in [-0.05, 0) is 37.7 Å². The van der Waals surface area contributed by atoms with E-state index in [1.165, 1.54) is 19.8 Å². The molecule has 6 heteroatoms. The second kappa shape index (κ2) is 6.66. The molecule has 1 N–H and O–H groups in total. The van der Waals surface area contributed by atoms with Gasteiger partial charge in [0.1, 0.15) is 0 Å². The summed E-state index contributed by atoms with van der Waals surface area (Å²) < 4.78 is 22.8. The zero-order chi connectivity index (χ0) is 16.6. The fourth-order valence-corrected chi connectivity index (χ4v) is 5.77. The molecule has 0 spiro atoms. The minimum absolute atomic E-state index is 0.160. The SMILES string of the molecule is COP(=O)(OC)C(O)C1[C@@H]2CC[C@H](C2)N1[C@@H](C)c1ccccc1. The molecule has 5 atom stereocenters. The molecule has 2 fully saturated rings. The van der Waals surface area contributed by atoms with Crippen molar-refractivity contribution in [2.45, 2.75) is 50.2 Å². The summed E-state index contributed by atoms with van der Waals surface area (Å²) in [6, 6.07) is 10.7. The van der Waals surface area contributed by atoms with Crippen molar-refractivity contribution in [2.24, 2.45) is 5.92 Å². The second-order valence-corrected chi connectivity index (χ2v) is 8.91. The van der Waals surface area contributed by atoms with Crippen molar-refractivity contribution in [2.75, 3.05) is 14.2 Å². The van der Waals surface area contributed by atoms with E-state index in [4.69, 9.17) is 9.05 Å². The number of aliphatic hydroxyl groups is 1. The molecule has 2 bridgehead atoms. The lowest BCUT2D eigenvalue weighted by molar-refractivity contribution is 0.0206. The van der Waals surface area contributed by atoms with Crippen LogP contribution in [0.1, 0.15) is 37.8 Å². The van der Waals surface area contributed by atoms with Crippen molar-refractivity contribution in [1.29, 1.82) is 0 Å². The van der Waals surface area contributed by atoms with Crippen LogP contribution in [0.3, 0.4) is 0 Å². The first-order chi connectivity index (χ1) is 11.0. The zero-order valence-electron chi connectivity index (χ0n) is 14.0. The Morgan fingerprint density at radius 1 is 1.22 bits per heavy atom. The molecule has 1 aliphatic carbocycles. The first-order valence-electron chi connectivity index (χ1n) is 8.23. The van der Waals surface area contributed by atoms with Gasteiger partial charge >= 0.3 is 7.60 Å². The van der Waals surface area contributed by atoms with Gasteiger partial charge in [0, 0.05) is 26.3 Å². The van der Waals surface area contributed by atoms with Crippen molar-refractivity contribution in [3.8, 4) is 0 Å². The molecule has 128 valence electrons. The van der Waals surface area contributed by atoms with E-state index in [2.05, 4.69) is 24.0 Å². The van der Waals surface area contributed by atoms with E-state index in [-0.39, 0.29) is 12.1 Å². The third-order valence-electron chi connectivity index (χ3n) is 5.56. The number of benzene rings is 1. The number of rotatable bonds is 6. The van der Waals surface area contributed by atoms with Crippen LogP contribution < -0.4 is 0 Å².